The summed E-state index contributed by atoms with van der Waals surface area (Å²) >= 11 is 0. The van der Waals surface area contributed by atoms with E-state index in [0.717, 1.165) is 5.69 Å². The second-order valence-electron chi connectivity index (χ2n) is 3.80. The third kappa shape index (κ3) is 2.65. The van der Waals surface area contributed by atoms with Crippen LogP contribution >= 0.6 is 0 Å². The standard InChI is InChI=1S/C12H17N3O/c1-9(8-16-3)15(2)12-5-4-10(7-13)6-11(12)14/h4-6,9H,8,14H2,1-3H3. The fourth-order valence-corrected chi connectivity index (χ4v) is 1.54. The quantitative estimate of drug-likeness (QED) is 0.781. The van der Waals surface area contributed by atoms with Gasteiger partial charge in [0, 0.05) is 20.2 Å². The molecule has 0 bridgehead atoms. The SMILES string of the molecule is COCC(C)N(C)c1ccc(C#N)cc1N. The molecule has 0 aliphatic heterocycles. The van der Waals surface area contributed by atoms with Crippen molar-refractivity contribution in [2.45, 2.75) is 13.0 Å². The van der Waals surface area contributed by atoms with Gasteiger partial charge in [0.2, 0.25) is 0 Å². The van der Waals surface area contributed by atoms with E-state index in [1.54, 1.807) is 19.2 Å². The highest BCUT2D eigenvalue weighted by Gasteiger charge is 2.12. The number of nitrogens with two attached hydrogens (primary N) is 1. The maximum Gasteiger partial charge on any atom is 0.0992 e. The molecule has 0 aliphatic carbocycles. The van der Waals surface area contributed by atoms with Crippen LogP contribution in [0.25, 0.3) is 0 Å². The topological polar surface area (TPSA) is 62.3 Å². The zero-order valence-corrected chi connectivity index (χ0v) is 9.90. The lowest BCUT2D eigenvalue weighted by atomic mass is 10.1. The first-order valence-electron chi connectivity index (χ1n) is 5.11. The van der Waals surface area contributed by atoms with Crippen LogP contribution in [0.2, 0.25) is 0 Å². The summed E-state index contributed by atoms with van der Waals surface area (Å²) in [6, 6.07) is 7.61. The Labute approximate surface area is 96.2 Å². The molecule has 16 heavy (non-hydrogen) atoms. The minimum absolute atomic E-state index is 0.236. The Hall–Kier alpha value is -1.73. The maximum absolute atomic E-state index is 8.75. The van der Waals surface area contributed by atoms with Crippen molar-refractivity contribution in [2.75, 3.05) is 31.4 Å². The number of benzene rings is 1. The maximum atomic E-state index is 8.75. The van der Waals surface area contributed by atoms with Crippen molar-refractivity contribution in [3.8, 4) is 6.07 Å². The van der Waals surface area contributed by atoms with E-state index >= 15 is 0 Å². The van der Waals surface area contributed by atoms with Gasteiger partial charge in [0.1, 0.15) is 0 Å². The fraction of sp³-hybridized carbons (Fsp3) is 0.417. The molecule has 0 spiro atoms. The van der Waals surface area contributed by atoms with Crippen LogP contribution in [0.4, 0.5) is 11.4 Å². The Morgan fingerprint density at radius 1 is 1.56 bits per heavy atom. The number of nitrogen functional groups attached to an aromatic ring is 1. The Balaban J connectivity index is 2.92. The minimum atomic E-state index is 0.236. The second kappa shape index (κ2) is 5.38. The Morgan fingerprint density at radius 3 is 2.75 bits per heavy atom. The Bertz CT molecular complexity index is 398. The molecule has 1 unspecified atom stereocenters. The largest absolute Gasteiger partial charge is 0.397 e. The minimum Gasteiger partial charge on any atom is -0.397 e. The number of anilines is 2. The zero-order valence-electron chi connectivity index (χ0n) is 9.90. The van der Waals surface area contributed by atoms with Crippen molar-refractivity contribution in [1.82, 2.24) is 0 Å². The molecule has 0 heterocycles. The van der Waals surface area contributed by atoms with Gasteiger partial charge in [-0.15, -0.1) is 0 Å². The van der Waals surface area contributed by atoms with Gasteiger partial charge < -0.3 is 15.4 Å². The van der Waals surface area contributed by atoms with Gasteiger partial charge in [0.15, 0.2) is 0 Å². The number of nitriles is 1. The van der Waals surface area contributed by atoms with Crippen LogP contribution in [0.3, 0.4) is 0 Å². The lowest BCUT2D eigenvalue weighted by Crippen LogP contribution is -2.33. The smallest absolute Gasteiger partial charge is 0.0992 e. The predicted molar refractivity (Wildman–Crippen MR) is 65.3 cm³/mol. The highest BCUT2D eigenvalue weighted by molar-refractivity contribution is 5.69. The molecule has 2 N–H and O–H groups in total. The van der Waals surface area contributed by atoms with Crippen molar-refractivity contribution in [3.05, 3.63) is 23.8 Å². The lowest BCUT2D eigenvalue weighted by Gasteiger charge is -2.27. The van der Waals surface area contributed by atoms with Crippen LogP contribution in [-0.2, 0) is 4.74 Å². The van der Waals surface area contributed by atoms with E-state index in [-0.39, 0.29) is 6.04 Å². The van der Waals surface area contributed by atoms with Crippen molar-refractivity contribution in [3.63, 3.8) is 0 Å². The third-order valence-electron chi connectivity index (χ3n) is 2.61. The summed E-state index contributed by atoms with van der Waals surface area (Å²) in [7, 11) is 3.63. The first-order chi connectivity index (χ1) is 7.60. The third-order valence-corrected chi connectivity index (χ3v) is 2.61. The Kier molecular flexibility index (Phi) is 4.15. The average Bonchev–Trinajstić information content (AvgIpc) is 2.28. The van der Waals surface area contributed by atoms with Crippen LogP contribution < -0.4 is 10.6 Å². The van der Waals surface area contributed by atoms with Gasteiger partial charge in [0.05, 0.1) is 29.6 Å². The molecule has 0 saturated heterocycles. The molecule has 1 aromatic rings. The molecular weight excluding hydrogens is 202 g/mol. The monoisotopic (exact) mass is 219 g/mol. The number of rotatable bonds is 4. The van der Waals surface area contributed by atoms with Crippen LogP contribution in [-0.4, -0.2) is 26.8 Å². The zero-order chi connectivity index (χ0) is 12.1. The number of ether oxygens (including phenoxy) is 1. The van der Waals surface area contributed by atoms with Gasteiger partial charge in [-0.25, -0.2) is 0 Å². The lowest BCUT2D eigenvalue weighted by molar-refractivity contribution is 0.183. The van der Waals surface area contributed by atoms with Crippen molar-refractivity contribution in [1.29, 1.82) is 5.26 Å². The molecule has 0 saturated carbocycles. The first-order valence-corrected chi connectivity index (χ1v) is 5.11. The number of methoxy groups -OCH3 is 1. The number of likely N-dealkylation sites (N-methyl/N-ethyl adjacent to an activating group) is 1. The summed E-state index contributed by atoms with van der Waals surface area (Å²) in [6.07, 6.45) is 0. The number of hydrogen-bond acceptors (Lipinski definition) is 4. The van der Waals surface area contributed by atoms with Gasteiger partial charge in [-0.05, 0) is 25.1 Å². The summed E-state index contributed by atoms with van der Waals surface area (Å²) in [4.78, 5) is 2.04. The van der Waals surface area contributed by atoms with Gasteiger partial charge in [-0.2, -0.15) is 5.26 Å². The molecule has 86 valence electrons. The van der Waals surface area contributed by atoms with Gasteiger partial charge >= 0.3 is 0 Å². The molecule has 1 aromatic carbocycles. The van der Waals surface area contributed by atoms with Crippen molar-refractivity contribution < 1.29 is 4.74 Å². The fourth-order valence-electron chi connectivity index (χ4n) is 1.54. The summed E-state index contributed by atoms with van der Waals surface area (Å²) in [5.41, 5.74) is 8.01. The molecule has 0 aromatic heterocycles. The normalized spacial score (nSPS) is 11.9. The molecule has 0 fully saturated rings. The average molecular weight is 219 g/mol. The number of hydrogen-bond donors (Lipinski definition) is 1. The van der Waals surface area contributed by atoms with Crippen LogP contribution in [0, 0.1) is 11.3 Å². The van der Waals surface area contributed by atoms with Gasteiger partial charge in [0.25, 0.3) is 0 Å². The van der Waals surface area contributed by atoms with Gasteiger partial charge in [-0.1, -0.05) is 0 Å². The molecule has 0 radical (unpaired) electrons. The molecule has 1 rings (SSSR count). The highest BCUT2D eigenvalue weighted by atomic mass is 16.5. The van der Waals surface area contributed by atoms with E-state index in [9.17, 15) is 0 Å². The summed E-state index contributed by atoms with van der Waals surface area (Å²) < 4.78 is 5.10. The van der Waals surface area contributed by atoms with Crippen LogP contribution in [0.5, 0.6) is 0 Å². The molecule has 4 heteroatoms. The van der Waals surface area contributed by atoms with E-state index < -0.39 is 0 Å². The number of nitrogens with zero attached hydrogens (tertiary/aromatic N) is 2. The predicted octanol–water partition coefficient (Wildman–Crippen LogP) is 1.61. The van der Waals surface area contributed by atoms with E-state index in [4.69, 9.17) is 15.7 Å². The second-order valence-corrected chi connectivity index (χ2v) is 3.80. The van der Waals surface area contributed by atoms with Crippen LogP contribution in [0.1, 0.15) is 12.5 Å². The van der Waals surface area contributed by atoms with E-state index in [0.29, 0.717) is 17.9 Å². The van der Waals surface area contributed by atoms with Gasteiger partial charge in [-0.3, -0.25) is 0 Å². The molecular formula is C12H17N3O. The summed E-state index contributed by atoms with van der Waals surface area (Å²) in [5.74, 6) is 0. The first kappa shape index (κ1) is 12.3. The molecule has 4 nitrogen and oxygen atoms in total. The molecule has 0 aliphatic rings. The molecule has 1 atom stereocenters. The van der Waals surface area contributed by atoms with Crippen molar-refractivity contribution >= 4 is 11.4 Å². The summed E-state index contributed by atoms with van der Waals surface area (Å²) in [6.45, 7) is 2.69. The van der Waals surface area contributed by atoms with E-state index in [1.165, 1.54) is 0 Å². The van der Waals surface area contributed by atoms with E-state index in [1.807, 2.05) is 18.0 Å². The van der Waals surface area contributed by atoms with E-state index in [2.05, 4.69) is 13.0 Å². The van der Waals surface area contributed by atoms with Crippen molar-refractivity contribution in [2.24, 2.45) is 0 Å². The molecule has 0 amide bonds. The van der Waals surface area contributed by atoms with Crippen LogP contribution in [0.15, 0.2) is 18.2 Å². The Morgan fingerprint density at radius 2 is 2.25 bits per heavy atom. The summed E-state index contributed by atoms with van der Waals surface area (Å²) in [5, 5.41) is 8.75. The highest BCUT2D eigenvalue weighted by Crippen LogP contribution is 2.24.